The standard InChI is InChI=1S/C77H52IN2O/c1-3-47-23-19-35-59-60-36-21-41-67(74(60)78-73(47)59)80(50-27-9-6-10-28-50)69-46-64-70-56-33-13-11-29-52(56)63-45-51(79(49-25-7-5-8-26-49)68-42-22-38-62-61-37-20-24-48(4-2)75(61)81-76(62)68)43-44-58(63)72(70)77(71(64)57-34-14-12-32-55(57)69)65-39-17-15-30-53(65)54-31-16-18-40-66(54)77/h5-46H,3-4H2,1-2H3/q-1. The molecule has 0 saturated carbocycles. The van der Waals surface area contributed by atoms with E-state index in [0.717, 1.165) is 57.5 Å². The predicted octanol–water partition coefficient (Wildman–Crippen LogP) is 17.6. The number of anilines is 6. The van der Waals surface area contributed by atoms with Crippen molar-refractivity contribution < 1.29 is 25.6 Å². The maximum atomic E-state index is 7.03. The molecule has 1 aliphatic heterocycles. The van der Waals surface area contributed by atoms with Crippen molar-refractivity contribution >= 4 is 88.4 Å². The summed E-state index contributed by atoms with van der Waals surface area (Å²) in [4.78, 5) is 5.02. The van der Waals surface area contributed by atoms with Crippen molar-refractivity contribution in [1.29, 1.82) is 0 Å². The number of hydrogen-bond donors (Lipinski definition) is 0. The molecule has 81 heavy (non-hydrogen) atoms. The number of para-hydroxylation sites is 4. The van der Waals surface area contributed by atoms with Crippen LogP contribution in [-0.4, -0.2) is 0 Å². The van der Waals surface area contributed by atoms with E-state index < -0.39 is 26.6 Å². The SMILES string of the molecule is CCc1cccc2c1[I-]c1c-2cccc1N(c1ccccc1)c1cc2c(c3ccccc13)C1(c3ccccc3-c3ccccc31)c1c-2c2ccccc2c2cc(N(c3ccccc3)c3cccc4c3oc3c(CC)cccc34)ccc12. The molecule has 384 valence electrons. The van der Waals surface area contributed by atoms with Gasteiger partial charge in [0.2, 0.25) is 0 Å². The Morgan fingerprint density at radius 1 is 0.333 bits per heavy atom. The fourth-order valence-corrected chi connectivity index (χ4v) is 18.3. The van der Waals surface area contributed by atoms with E-state index in [9.17, 15) is 0 Å². The Morgan fingerprint density at radius 2 is 0.864 bits per heavy atom. The minimum absolute atomic E-state index is 0.479. The van der Waals surface area contributed by atoms with Gasteiger partial charge in [0.15, 0.2) is 5.58 Å². The molecule has 17 rings (SSSR count). The normalized spacial score (nSPS) is 13.3. The summed E-state index contributed by atoms with van der Waals surface area (Å²) in [6.07, 6.45) is 1.93. The van der Waals surface area contributed by atoms with Crippen molar-refractivity contribution in [3.8, 4) is 33.4 Å². The van der Waals surface area contributed by atoms with Crippen molar-refractivity contribution in [1.82, 2.24) is 0 Å². The Kier molecular flexibility index (Phi) is 10.3. The van der Waals surface area contributed by atoms with Gasteiger partial charge in [0.05, 0.1) is 5.69 Å². The molecule has 13 aromatic carbocycles. The number of aryl methyl sites for hydroxylation is 2. The molecule has 0 bridgehead atoms. The molecular formula is C77H52IN2O-. The van der Waals surface area contributed by atoms with Crippen LogP contribution in [0, 0.1) is 7.14 Å². The van der Waals surface area contributed by atoms with Gasteiger partial charge in [-0.3, -0.25) is 0 Å². The molecule has 3 aliphatic rings. The van der Waals surface area contributed by atoms with E-state index >= 15 is 0 Å². The van der Waals surface area contributed by atoms with Crippen LogP contribution in [0.1, 0.15) is 47.2 Å². The molecule has 1 spiro atoms. The first-order valence-corrected chi connectivity index (χ1v) is 30.6. The average Bonchev–Trinajstić information content (AvgIpc) is 1.76. The van der Waals surface area contributed by atoms with Crippen molar-refractivity contribution in [2.45, 2.75) is 32.1 Å². The van der Waals surface area contributed by atoms with E-state index in [1.54, 1.807) is 3.57 Å². The molecular weight excluding hydrogens is 1100 g/mol. The maximum absolute atomic E-state index is 7.03. The van der Waals surface area contributed by atoms with E-state index in [1.165, 1.54) is 114 Å². The predicted molar refractivity (Wildman–Crippen MR) is 333 cm³/mol. The summed E-state index contributed by atoms with van der Waals surface area (Å²) < 4.78 is 10.1. The second-order valence-electron chi connectivity index (χ2n) is 21.8. The van der Waals surface area contributed by atoms with Crippen LogP contribution in [0.25, 0.3) is 87.6 Å². The summed E-state index contributed by atoms with van der Waals surface area (Å²) in [5, 5.41) is 9.70. The minimum atomic E-state index is -0.662. The summed E-state index contributed by atoms with van der Waals surface area (Å²) >= 11 is -0.479. The van der Waals surface area contributed by atoms with Crippen LogP contribution in [-0.2, 0) is 18.3 Å². The average molecular weight is 1150 g/mol. The fourth-order valence-electron chi connectivity index (χ4n) is 14.6. The molecule has 0 atom stereocenters. The number of halogens is 1. The molecule has 4 heteroatoms. The fraction of sp³-hybridized carbons (Fsp3) is 0.0649. The number of hydrogen-bond acceptors (Lipinski definition) is 3. The van der Waals surface area contributed by atoms with Gasteiger partial charge in [-0.1, -0.05) is 55.5 Å². The van der Waals surface area contributed by atoms with Gasteiger partial charge in [0, 0.05) is 16.5 Å². The molecule has 0 radical (unpaired) electrons. The van der Waals surface area contributed by atoms with Gasteiger partial charge in [-0.15, -0.1) is 0 Å². The third kappa shape index (κ3) is 6.45. The zero-order chi connectivity index (χ0) is 53.5. The van der Waals surface area contributed by atoms with Crippen LogP contribution in [0.2, 0.25) is 0 Å². The van der Waals surface area contributed by atoms with Gasteiger partial charge in [-0.25, -0.2) is 0 Å². The van der Waals surface area contributed by atoms with E-state index in [4.69, 9.17) is 4.42 Å². The van der Waals surface area contributed by atoms with Crippen LogP contribution in [0.15, 0.2) is 259 Å². The zero-order valence-electron chi connectivity index (χ0n) is 44.8. The third-order valence-corrected chi connectivity index (χ3v) is 21.4. The Morgan fingerprint density at radius 3 is 1.59 bits per heavy atom. The molecule has 0 amide bonds. The Labute approximate surface area is 481 Å². The molecule has 2 heterocycles. The number of furan rings is 1. The monoisotopic (exact) mass is 1150 g/mol. The van der Waals surface area contributed by atoms with E-state index in [-0.39, 0.29) is 0 Å². The summed E-state index contributed by atoms with van der Waals surface area (Å²) in [5.74, 6) is 0. The molecule has 14 aromatic rings. The first-order chi connectivity index (χ1) is 40.1. The summed E-state index contributed by atoms with van der Waals surface area (Å²) in [6, 6.07) is 96.1. The van der Waals surface area contributed by atoms with E-state index in [0.29, 0.717) is 0 Å². The molecule has 2 aliphatic carbocycles. The van der Waals surface area contributed by atoms with Crippen LogP contribution >= 0.6 is 0 Å². The topological polar surface area (TPSA) is 19.6 Å². The quantitative estimate of drug-likeness (QED) is 0.112. The summed E-state index contributed by atoms with van der Waals surface area (Å²) in [6.45, 7) is 4.51. The van der Waals surface area contributed by atoms with Gasteiger partial charge in [-0.2, -0.15) is 0 Å². The van der Waals surface area contributed by atoms with Crippen LogP contribution in [0.3, 0.4) is 0 Å². The van der Waals surface area contributed by atoms with Crippen molar-refractivity contribution in [3.05, 3.63) is 295 Å². The van der Waals surface area contributed by atoms with Crippen LogP contribution in [0.5, 0.6) is 0 Å². The Balaban J connectivity index is 0.985. The van der Waals surface area contributed by atoms with Gasteiger partial charge in [0.25, 0.3) is 0 Å². The summed E-state index contributed by atoms with van der Waals surface area (Å²) in [7, 11) is 0. The van der Waals surface area contributed by atoms with Gasteiger partial charge < -0.3 is 9.32 Å². The van der Waals surface area contributed by atoms with Gasteiger partial charge in [0.1, 0.15) is 5.58 Å². The first-order valence-electron chi connectivity index (χ1n) is 28.4. The van der Waals surface area contributed by atoms with Crippen LogP contribution in [0.4, 0.5) is 34.1 Å². The number of fused-ring (bicyclic) bond motifs is 23. The van der Waals surface area contributed by atoms with Gasteiger partial charge >= 0.3 is 356 Å². The number of rotatable bonds is 8. The first kappa shape index (κ1) is 46.7. The second kappa shape index (κ2) is 17.9. The molecule has 0 fully saturated rings. The third-order valence-electron chi connectivity index (χ3n) is 17.9. The van der Waals surface area contributed by atoms with Crippen molar-refractivity contribution in [3.63, 3.8) is 0 Å². The Bertz CT molecular complexity index is 4910. The zero-order valence-corrected chi connectivity index (χ0v) is 47.0. The molecule has 0 saturated heterocycles. The van der Waals surface area contributed by atoms with Crippen molar-refractivity contribution in [2.75, 3.05) is 9.80 Å². The molecule has 0 unspecified atom stereocenters. The van der Waals surface area contributed by atoms with Gasteiger partial charge in [-0.05, 0) is 30.2 Å². The summed E-state index contributed by atoms with van der Waals surface area (Å²) in [5.41, 5.74) is 23.9. The Hall–Kier alpha value is -9.23. The van der Waals surface area contributed by atoms with Crippen LogP contribution < -0.4 is 31.0 Å². The number of benzene rings is 13. The van der Waals surface area contributed by atoms with E-state index in [2.05, 4.69) is 278 Å². The van der Waals surface area contributed by atoms with E-state index in [1.807, 2.05) is 0 Å². The second-order valence-corrected chi connectivity index (χ2v) is 24.5. The number of nitrogens with zero attached hydrogens (tertiary/aromatic N) is 2. The molecule has 3 nitrogen and oxygen atoms in total. The molecule has 1 aromatic heterocycles. The molecule has 0 N–H and O–H groups in total. The van der Waals surface area contributed by atoms with Crippen molar-refractivity contribution in [2.24, 2.45) is 0 Å².